The minimum Gasteiger partial charge on any atom is -0.354 e. The fourth-order valence-corrected chi connectivity index (χ4v) is 3.22. The van der Waals surface area contributed by atoms with Crippen molar-refractivity contribution >= 4 is 11.7 Å². The second-order valence-electron chi connectivity index (χ2n) is 6.31. The smallest absolute Gasteiger partial charge is 0.237 e. The Labute approximate surface area is 138 Å². The number of anilines is 1. The minimum absolute atomic E-state index is 0.0166. The van der Waals surface area contributed by atoms with E-state index in [1.807, 2.05) is 6.20 Å². The van der Waals surface area contributed by atoms with Crippen LogP contribution in [0, 0.1) is 0 Å². The molecule has 2 saturated heterocycles. The summed E-state index contributed by atoms with van der Waals surface area (Å²) < 4.78 is 0. The van der Waals surface area contributed by atoms with E-state index in [0.29, 0.717) is 6.54 Å². The topological polar surface area (TPSA) is 60.5 Å². The maximum Gasteiger partial charge on any atom is 0.237 e. The molecule has 0 spiro atoms. The Hall–Kier alpha value is -1.66. The van der Waals surface area contributed by atoms with Crippen molar-refractivity contribution in [1.29, 1.82) is 0 Å². The van der Waals surface area contributed by atoms with Gasteiger partial charge in [-0.05, 0) is 37.6 Å². The van der Waals surface area contributed by atoms with E-state index in [-0.39, 0.29) is 11.9 Å². The Morgan fingerprint density at radius 2 is 2.17 bits per heavy atom. The first-order valence-corrected chi connectivity index (χ1v) is 8.69. The van der Waals surface area contributed by atoms with Crippen molar-refractivity contribution in [2.24, 2.45) is 0 Å². The van der Waals surface area contributed by atoms with E-state index < -0.39 is 0 Å². The number of hydrogen-bond donors (Lipinski definition) is 2. The molecule has 1 atom stereocenters. The molecule has 1 aromatic heterocycles. The first-order chi connectivity index (χ1) is 11.3. The lowest BCUT2D eigenvalue weighted by Gasteiger charge is -2.34. The number of nitrogens with one attached hydrogen (secondary N) is 2. The summed E-state index contributed by atoms with van der Waals surface area (Å²) in [5.41, 5.74) is 1.05. The molecule has 3 rings (SSSR count). The summed E-state index contributed by atoms with van der Waals surface area (Å²) in [5, 5.41) is 6.21. The summed E-state index contributed by atoms with van der Waals surface area (Å²) in [6.07, 6.45) is 3.90. The van der Waals surface area contributed by atoms with Gasteiger partial charge in [0.05, 0.1) is 6.04 Å². The number of aromatic nitrogens is 1. The van der Waals surface area contributed by atoms with Crippen molar-refractivity contribution in [2.75, 3.05) is 44.2 Å². The number of hydrogen-bond acceptors (Lipinski definition) is 5. The lowest BCUT2D eigenvalue weighted by atomic mass is 10.2. The summed E-state index contributed by atoms with van der Waals surface area (Å²) in [6.45, 7) is 9.09. The summed E-state index contributed by atoms with van der Waals surface area (Å²) in [7, 11) is 0. The summed E-state index contributed by atoms with van der Waals surface area (Å²) in [5.74, 6) is 1.13. The van der Waals surface area contributed by atoms with Crippen LogP contribution in [-0.2, 0) is 11.3 Å². The van der Waals surface area contributed by atoms with Gasteiger partial charge >= 0.3 is 0 Å². The van der Waals surface area contributed by atoms with Crippen molar-refractivity contribution in [3.8, 4) is 0 Å². The van der Waals surface area contributed by atoms with Crippen molar-refractivity contribution in [1.82, 2.24) is 20.5 Å². The number of carbonyl (C=O) groups excluding carboxylic acids is 1. The highest BCUT2D eigenvalue weighted by Gasteiger charge is 2.21. The first-order valence-electron chi connectivity index (χ1n) is 8.69. The Balaban J connectivity index is 1.48. The average molecular weight is 317 g/mol. The molecule has 1 amide bonds. The van der Waals surface area contributed by atoms with Crippen molar-refractivity contribution < 1.29 is 4.79 Å². The molecule has 2 aliphatic rings. The van der Waals surface area contributed by atoms with Gasteiger partial charge in [0.2, 0.25) is 5.91 Å². The molecule has 0 aromatic carbocycles. The zero-order chi connectivity index (χ0) is 16.1. The fourth-order valence-electron chi connectivity index (χ4n) is 3.22. The van der Waals surface area contributed by atoms with Gasteiger partial charge in [-0.25, -0.2) is 4.98 Å². The normalized spacial score (nSPS) is 22.3. The predicted octanol–water partition coefficient (Wildman–Crippen LogP) is 0.592. The van der Waals surface area contributed by atoms with E-state index >= 15 is 0 Å². The van der Waals surface area contributed by atoms with Gasteiger partial charge in [-0.15, -0.1) is 0 Å². The molecule has 23 heavy (non-hydrogen) atoms. The van der Waals surface area contributed by atoms with Crippen LogP contribution in [0.5, 0.6) is 0 Å². The zero-order valence-corrected chi connectivity index (χ0v) is 13.9. The number of rotatable bonds is 5. The molecule has 0 radical (unpaired) electrons. The SMILES string of the molecule is CCN1CCN(c2ccc(CNC(=O)C3CCCN3)cn2)CC1. The van der Waals surface area contributed by atoms with E-state index in [9.17, 15) is 4.79 Å². The third-order valence-electron chi connectivity index (χ3n) is 4.80. The molecule has 2 N–H and O–H groups in total. The highest BCUT2D eigenvalue weighted by atomic mass is 16.2. The number of likely N-dealkylation sites (N-methyl/N-ethyl adjacent to an activating group) is 1. The van der Waals surface area contributed by atoms with Crippen LogP contribution in [-0.4, -0.2) is 61.1 Å². The Kier molecular flexibility index (Phi) is 5.46. The Morgan fingerprint density at radius 3 is 2.78 bits per heavy atom. The Bertz CT molecular complexity index is 504. The molecule has 0 aliphatic carbocycles. The molecule has 2 fully saturated rings. The van der Waals surface area contributed by atoms with Crippen LogP contribution < -0.4 is 15.5 Å². The van der Waals surface area contributed by atoms with Crippen molar-refractivity contribution in [3.63, 3.8) is 0 Å². The third-order valence-corrected chi connectivity index (χ3v) is 4.80. The maximum atomic E-state index is 12.0. The van der Waals surface area contributed by atoms with Crippen LogP contribution in [0.15, 0.2) is 18.3 Å². The summed E-state index contributed by atoms with van der Waals surface area (Å²) in [6, 6.07) is 4.12. The van der Waals surface area contributed by atoms with E-state index in [4.69, 9.17) is 0 Å². The minimum atomic E-state index is -0.0166. The number of nitrogens with zero attached hydrogens (tertiary/aromatic N) is 3. The molecule has 3 heterocycles. The number of piperazine rings is 1. The molecule has 1 aromatic rings. The van der Waals surface area contributed by atoms with E-state index in [1.165, 1.54) is 0 Å². The first kappa shape index (κ1) is 16.2. The van der Waals surface area contributed by atoms with Crippen LogP contribution in [0.3, 0.4) is 0 Å². The zero-order valence-electron chi connectivity index (χ0n) is 13.9. The molecule has 1 unspecified atom stereocenters. The summed E-state index contributed by atoms with van der Waals surface area (Å²) in [4.78, 5) is 21.3. The second kappa shape index (κ2) is 7.75. The molecule has 126 valence electrons. The average Bonchev–Trinajstić information content (AvgIpc) is 3.15. The molecule has 2 aliphatic heterocycles. The molecular formula is C17H27N5O. The van der Waals surface area contributed by atoms with Crippen molar-refractivity contribution in [2.45, 2.75) is 32.4 Å². The van der Waals surface area contributed by atoms with E-state index in [1.54, 1.807) is 0 Å². The highest BCUT2D eigenvalue weighted by Crippen LogP contribution is 2.14. The predicted molar refractivity (Wildman–Crippen MR) is 91.4 cm³/mol. The molecule has 6 heteroatoms. The van der Waals surface area contributed by atoms with Crippen LogP contribution in [0.2, 0.25) is 0 Å². The van der Waals surface area contributed by atoms with Crippen LogP contribution >= 0.6 is 0 Å². The third kappa shape index (κ3) is 4.20. The van der Waals surface area contributed by atoms with E-state index in [0.717, 1.165) is 63.5 Å². The van der Waals surface area contributed by atoms with Crippen LogP contribution in [0.25, 0.3) is 0 Å². The number of amides is 1. The lowest BCUT2D eigenvalue weighted by molar-refractivity contribution is -0.122. The van der Waals surface area contributed by atoms with Gasteiger partial charge in [0.15, 0.2) is 0 Å². The quantitative estimate of drug-likeness (QED) is 0.832. The van der Waals surface area contributed by atoms with Gasteiger partial charge < -0.3 is 20.4 Å². The molecule has 0 saturated carbocycles. The largest absolute Gasteiger partial charge is 0.354 e. The molecule has 6 nitrogen and oxygen atoms in total. The molecular weight excluding hydrogens is 290 g/mol. The summed E-state index contributed by atoms with van der Waals surface area (Å²) >= 11 is 0. The van der Waals surface area contributed by atoms with Gasteiger partial charge in [-0.1, -0.05) is 13.0 Å². The highest BCUT2D eigenvalue weighted by molar-refractivity contribution is 5.81. The monoisotopic (exact) mass is 317 g/mol. The van der Waals surface area contributed by atoms with Gasteiger partial charge in [0.25, 0.3) is 0 Å². The van der Waals surface area contributed by atoms with Crippen LogP contribution in [0.4, 0.5) is 5.82 Å². The number of carbonyl (C=O) groups is 1. The fraction of sp³-hybridized carbons (Fsp3) is 0.647. The van der Waals surface area contributed by atoms with Crippen LogP contribution in [0.1, 0.15) is 25.3 Å². The maximum absolute atomic E-state index is 12.0. The van der Waals surface area contributed by atoms with Gasteiger partial charge in [0, 0.05) is 38.9 Å². The van der Waals surface area contributed by atoms with Gasteiger partial charge in [-0.3, -0.25) is 4.79 Å². The molecule has 0 bridgehead atoms. The lowest BCUT2D eigenvalue weighted by Crippen LogP contribution is -2.46. The second-order valence-corrected chi connectivity index (χ2v) is 6.31. The Morgan fingerprint density at radius 1 is 1.35 bits per heavy atom. The van der Waals surface area contributed by atoms with E-state index in [2.05, 4.69) is 44.5 Å². The number of pyridine rings is 1. The standard InChI is InChI=1S/C17H27N5O/c1-2-21-8-10-22(11-9-21)16-6-5-14(12-19-16)13-20-17(23)15-4-3-7-18-15/h5-6,12,15,18H,2-4,7-11,13H2,1H3,(H,20,23). The van der Waals surface area contributed by atoms with Gasteiger partial charge in [0.1, 0.15) is 5.82 Å². The van der Waals surface area contributed by atoms with Crippen molar-refractivity contribution in [3.05, 3.63) is 23.9 Å². The van der Waals surface area contributed by atoms with Gasteiger partial charge in [-0.2, -0.15) is 0 Å².